The Labute approximate surface area is 147 Å². The van der Waals surface area contributed by atoms with Crippen LogP contribution in [0.5, 0.6) is 0 Å². The second kappa shape index (κ2) is 7.37. The van der Waals surface area contributed by atoms with Gasteiger partial charge in [-0.25, -0.2) is 0 Å². The van der Waals surface area contributed by atoms with Gasteiger partial charge in [-0.15, -0.1) is 0 Å². The van der Waals surface area contributed by atoms with E-state index in [1.165, 1.54) is 0 Å². The fourth-order valence-electron chi connectivity index (χ4n) is 2.77. The number of aryl methyl sites for hydroxylation is 3. The van der Waals surface area contributed by atoms with E-state index in [1.807, 2.05) is 32.9 Å². The third-order valence-corrected chi connectivity index (χ3v) is 4.05. The molecular formula is C19H20ClN3O. The van der Waals surface area contributed by atoms with Crippen LogP contribution in [0, 0.1) is 32.1 Å². The molecule has 0 fully saturated rings. The van der Waals surface area contributed by atoms with Crippen molar-refractivity contribution in [3.63, 3.8) is 0 Å². The van der Waals surface area contributed by atoms with Crippen molar-refractivity contribution in [2.24, 2.45) is 0 Å². The van der Waals surface area contributed by atoms with Gasteiger partial charge in [0.1, 0.15) is 6.07 Å². The minimum absolute atomic E-state index is 0.127. The van der Waals surface area contributed by atoms with Crippen molar-refractivity contribution in [2.75, 3.05) is 23.8 Å². The molecule has 0 aromatic heterocycles. The van der Waals surface area contributed by atoms with Gasteiger partial charge in [0.2, 0.25) is 5.91 Å². The average Bonchev–Trinajstić information content (AvgIpc) is 2.50. The number of anilines is 2. The van der Waals surface area contributed by atoms with Gasteiger partial charge in [0.05, 0.1) is 17.8 Å². The summed E-state index contributed by atoms with van der Waals surface area (Å²) in [7, 11) is 1.76. The molecule has 2 aromatic rings. The molecule has 0 unspecified atom stereocenters. The van der Waals surface area contributed by atoms with Crippen LogP contribution in [0.3, 0.4) is 0 Å². The first-order valence-corrected chi connectivity index (χ1v) is 7.98. The van der Waals surface area contributed by atoms with Gasteiger partial charge in [-0.3, -0.25) is 4.79 Å². The molecular weight excluding hydrogens is 322 g/mol. The van der Waals surface area contributed by atoms with Gasteiger partial charge in [-0.1, -0.05) is 29.3 Å². The van der Waals surface area contributed by atoms with Crippen LogP contribution in [0.25, 0.3) is 0 Å². The van der Waals surface area contributed by atoms with Gasteiger partial charge in [0, 0.05) is 17.8 Å². The Morgan fingerprint density at radius 3 is 2.42 bits per heavy atom. The summed E-state index contributed by atoms with van der Waals surface area (Å²) >= 11 is 6.00. The number of nitriles is 1. The van der Waals surface area contributed by atoms with Gasteiger partial charge < -0.3 is 10.2 Å². The van der Waals surface area contributed by atoms with Crippen molar-refractivity contribution >= 4 is 28.9 Å². The quantitative estimate of drug-likeness (QED) is 0.906. The molecule has 0 aliphatic heterocycles. The van der Waals surface area contributed by atoms with Crippen LogP contribution < -0.4 is 10.2 Å². The van der Waals surface area contributed by atoms with Crippen LogP contribution in [0.4, 0.5) is 11.4 Å². The molecule has 124 valence electrons. The molecule has 0 saturated carbocycles. The van der Waals surface area contributed by atoms with Crippen LogP contribution in [-0.2, 0) is 4.79 Å². The smallest absolute Gasteiger partial charge is 0.243 e. The highest BCUT2D eigenvalue weighted by Gasteiger charge is 2.14. The molecule has 24 heavy (non-hydrogen) atoms. The maximum absolute atomic E-state index is 12.4. The number of rotatable bonds is 4. The van der Waals surface area contributed by atoms with Gasteiger partial charge in [-0.05, 0) is 50.1 Å². The molecule has 4 nitrogen and oxygen atoms in total. The largest absolute Gasteiger partial charge is 0.364 e. The van der Waals surface area contributed by atoms with Crippen LogP contribution in [0.15, 0.2) is 30.3 Å². The summed E-state index contributed by atoms with van der Waals surface area (Å²) in [6.45, 7) is 6.11. The van der Waals surface area contributed by atoms with E-state index in [9.17, 15) is 10.1 Å². The number of carbonyl (C=O) groups excluding carboxylic acids is 1. The number of hydrogen-bond acceptors (Lipinski definition) is 3. The third kappa shape index (κ3) is 4.06. The third-order valence-electron chi connectivity index (χ3n) is 3.81. The number of hydrogen-bond donors (Lipinski definition) is 1. The summed E-state index contributed by atoms with van der Waals surface area (Å²) < 4.78 is 0. The van der Waals surface area contributed by atoms with E-state index in [0.717, 1.165) is 22.4 Å². The first-order chi connectivity index (χ1) is 11.3. The van der Waals surface area contributed by atoms with E-state index in [-0.39, 0.29) is 12.5 Å². The number of carbonyl (C=O) groups is 1. The topological polar surface area (TPSA) is 56.1 Å². The summed E-state index contributed by atoms with van der Waals surface area (Å²) in [6.07, 6.45) is 0. The Morgan fingerprint density at radius 1 is 1.21 bits per heavy atom. The van der Waals surface area contributed by atoms with E-state index >= 15 is 0 Å². The zero-order valence-electron chi connectivity index (χ0n) is 14.3. The Kier molecular flexibility index (Phi) is 5.48. The second-order valence-electron chi connectivity index (χ2n) is 5.95. The Bertz CT molecular complexity index is 801. The number of nitrogens with zero attached hydrogens (tertiary/aromatic N) is 2. The van der Waals surface area contributed by atoms with E-state index in [1.54, 1.807) is 30.1 Å². The number of likely N-dealkylation sites (N-methyl/N-ethyl adjacent to an activating group) is 1. The molecule has 0 bridgehead atoms. The lowest BCUT2D eigenvalue weighted by Gasteiger charge is -2.21. The Balaban J connectivity index is 2.16. The molecule has 0 radical (unpaired) electrons. The number of nitrogens with one attached hydrogen (secondary N) is 1. The lowest BCUT2D eigenvalue weighted by Crippen LogP contribution is -2.31. The minimum Gasteiger partial charge on any atom is -0.364 e. The molecule has 0 aliphatic rings. The molecule has 0 atom stereocenters. The predicted octanol–water partition coefficient (Wildman–Crippen LogP) is 4.21. The van der Waals surface area contributed by atoms with Crippen LogP contribution in [-0.4, -0.2) is 19.5 Å². The molecule has 0 aliphatic carbocycles. The molecule has 2 rings (SSSR count). The first-order valence-electron chi connectivity index (χ1n) is 7.60. The number of benzene rings is 2. The number of amides is 1. The van der Waals surface area contributed by atoms with Crippen molar-refractivity contribution in [2.45, 2.75) is 20.8 Å². The Hall–Kier alpha value is -2.51. The average molecular weight is 342 g/mol. The van der Waals surface area contributed by atoms with Crippen molar-refractivity contribution in [1.82, 2.24) is 0 Å². The zero-order valence-corrected chi connectivity index (χ0v) is 15.0. The van der Waals surface area contributed by atoms with Gasteiger partial charge in [0.25, 0.3) is 0 Å². The molecule has 1 N–H and O–H groups in total. The molecule has 1 amide bonds. The van der Waals surface area contributed by atoms with Crippen molar-refractivity contribution in [3.8, 4) is 6.07 Å². The van der Waals surface area contributed by atoms with Crippen LogP contribution in [0.2, 0.25) is 5.02 Å². The maximum Gasteiger partial charge on any atom is 0.243 e. The molecule has 2 aromatic carbocycles. The van der Waals surface area contributed by atoms with Crippen LogP contribution in [0.1, 0.15) is 22.3 Å². The van der Waals surface area contributed by atoms with Gasteiger partial charge in [0.15, 0.2) is 0 Å². The van der Waals surface area contributed by atoms with E-state index in [0.29, 0.717) is 16.3 Å². The summed E-state index contributed by atoms with van der Waals surface area (Å²) in [5.41, 5.74) is 5.19. The summed E-state index contributed by atoms with van der Waals surface area (Å²) in [5, 5.41) is 12.7. The van der Waals surface area contributed by atoms with Crippen molar-refractivity contribution in [3.05, 3.63) is 57.6 Å². The molecule has 0 spiro atoms. The monoisotopic (exact) mass is 341 g/mol. The SMILES string of the molecule is Cc1cc(C)c(NC(=O)CN(C)c2cc(Cl)ccc2C#N)c(C)c1. The van der Waals surface area contributed by atoms with Crippen molar-refractivity contribution < 1.29 is 4.79 Å². The summed E-state index contributed by atoms with van der Waals surface area (Å²) in [5.74, 6) is -0.142. The van der Waals surface area contributed by atoms with Gasteiger partial charge >= 0.3 is 0 Å². The zero-order chi connectivity index (χ0) is 17.9. The van der Waals surface area contributed by atoms with E-state index < -0.39 is 0 Å². The molecule has 5 heteroatoms. The lowest BCUT2D eigenvalue weighted by molar-refractivity contribution is -0.114. The Morgan fingerprint density at radius 2 is 1.83 bits per heavy atom. The maximum atomic E-state index is 12.4. The summed E-state index contributed by atoms with van der Waals surface area (Å²) in [4.78, 5) is 14.1. The number of halogens is 1. The standard InChI is InChI=1S/C19H20ClN3O/c1-12-7-13(2)19(14(3)8-12)22-18(24)11-23(4)17-9-16(20)6-5-15(17)10-21/h5-9H,11H2,1-4H3,(H,22,24). The summed E-state index contributed by atoms with van der Waals surface area (Å²) in [6, 6.07) is 11.2. The van der Waals surface area contributed by atoms with Gasteiger partial charge in [-0.2, -0.15) is 5.26 Å². The fourth-order valence-corrected chi connectivity index (χ4v) is 2.94. The van der Waals surface area contributed by atoms with E-state index in [2.05, 4.69) is 11.4 Å². The van der Waals surface area contributed by atoms with Crippen molar-refractivity contribution in [1.29, 1.82) is 5.26 Å². The van der Waals surface area contributed by atoms with E-state index in [4.69, 9.17) is 11.6 Å². The normalized spacial score (nSPS) is 10.2. The minimum atomic E-state index is -0.142. The highest BCUT2D eigenvalue weighted by Crippen LogP contribution is 2.24. The highest BCUT2D eigenvalue weighted by atomic mass is 35.5. The lowest BCUT2D eigenvalue weighted by atomic mass is 10.1. The predicted molar refractivity (Wildman–Crippen MR) is 98.7 cm³/mol. The second-order valence-corrected chi connectivity index (χ2v) is 6.39. The highest BCUT2D eigenvalue weighted by molar-refractivity contribution is 6.30. The molecule has 0 saturated heterocycles. The molecule has 0 heterocycles. The fraction of sp³-hybridized carbons (Fsp3) is 0.263. The van der Waals surface area contributed by atoms with Crippen LogP contribution >= 0.6 is 11.6 Å². The first kappa shape index (κ1) is 17.8.